The van der Waals surface area contributed by atoms with Gasteiger partial charge in [-0.3, -0.25) is 9.69 Å². The van der Waals surface area contributed by atoms with E-state index in [9.17, 15) is 18.0 Å². The van der Waals surface area contributed by atoms with Gasteiger partial charge in [0.15, 0.2) is 0 Å². The molecule has 0 radical (unpaired) electrons. The summed E-state index contributed by atoms with van der Waals surface area (Å²) in [7, 11) is 0. The van der Waals surface area contributed by atoms with Crippen LogP contribution in [0.3, 0.4) is 0 Å². The van der Waals surface area contributed by atoms with Crippen molar-refractivity contribution >= 4 is 5.91 Å². The van der Waals surface area contributed by atoms with E-state index in [1.54, 1.807) is 0 Å². The molecule has 1 fully saturated rings. The average Bonchev–Trinajstić information content (AvgIpc) is 2.10. The fourth-order valence-electron chi connectivity index (χ4n) is 0.880. The summed E-state index contributed by atoms with van der Waals surface area (Å²) in [6.45, 7) is -1.18. The first-order valence-electron chi connectivity index (χ1n) is 3.03. The van der Waals surface area contributed by atoms with Gasteiger partial charge in [-0.15, -0.1) is 0 Å². The van der Waals surface area contributed by atoms with Gasteiger partial charge in [-0.1, -0.05) is 0 Å². The van der Waals surface area contributed by atoms with Gasteiger partial charge < -0.3 is 5.32 Å². The molecule has 0 aromatic rings. The minimum Gasteiger partial charge on any atom is -0.342 e. The van der Waals surface area contributed by atoms with E-state index in [2.05, 4.69) is 5.32 Å². The fourth-order valence-corrected chi connectivity index (χ4v) is 0.880. The molecular formula is C5H7F3N2O. The van der Waals surface area contributed by atoms with Gasteiger partial charge in [0.25, 0.3) is 0 Å². The minimum absolute atomic E-state index is 0.00164. The summed E-state index contributed by atoms with van der Waals surface area (Å²) < 4.78 is 35.0. The Morgan fingerprint density at radius 1 is 1.55 bits per heavy atom. The summed E-state index contributed by atoms with van der Waals surface area (Å²) in [4.78, 5) is 11.4. The van der Waals surface area contributed by atoms with Crippen LogP contribution in [0.1, 0.15) is 0 Å². The van der Waals surface area contributed by atoms with Crippen LogP contribution in [0.25, 0.3) is 0 Å². The van der Waals surface area contributed by atoms with Crippen molar-refractivity contribution in [3.05, 3.63) is 0 Å². The maximum atomic E-state index is 11.7. The van der Waals surface area contributed by atoms with E-state index in [1.807, 2.05) is 0 Å². The van der Waals surface area contributed by atoms with Gasteiger partial charge in [0.05, 0.1) is 19.8 Å². The van der Waals surface area contributed by atoms with Crippen molar-refractivity contribution in [3.63, 3.8) is 0 Å². The molecule has 0 aliphatic carbocycles. The van der Waals surface area contributed by atoms with Crippen LogP contribution in [0.15, 0.2) is 0 Å². The summed E-state index contributed by atoms with van der Waals surface area (Å²) in [5.74, 6) is -0.353. The molecule has 1 aliphatic rings. The molecule has 1 N–H and O–H groups in total. The Morgan fingerprint density at radius 2 is 2.18 bits per heavy atom. The molecule has 11 heavy (non-hydrogen) atoms. The molecule has 3 nitrogen and oxygen atoms in total. The predicted octanol–water partition coefficient (Wildman–Crippen LogP) is -0.0620. The number of hydrogen-bond donors (Lipinski definition) is 1. The SMILES string of the molecule is O=C1CN(CC(F)(F)F)CN1. The van der Waals surface area contributed by atoms with Gasteiger partial charge in [0.1, 0.15) is 0 Å². The molecule has 0 aromatic heterocycles. The van der Waals surface area contributed by atoms with Gasteiger partial charge in [0, 0.05) is 0 Å². The normalized spacial score (nSPS) is 20.5. The van der Waals surface area contributed by atoms with Crippen LogP contribution in [-0.4, -0.2) is 36.7 Å². The Bertz CT molecular complexity index is 168. The number of nitrogens with one attached hydrogen (secondary N) is 1. The number of halogens is 3. The van der Waals surface area contributed by atoms with Crippen LogP contribution in [0.2, 0.25) is 0 Å². The Morgan fingerprint density at radius 3 is 2.55 bits per heavy atom. The molecule has 1 rings (SSSR count). The minimum atomic E-state index is -4.22. The van der Waals surface area contributed by atoms with Crippen molar-refractivity contribution in [2.45, 2.75) is 6.18 Å². The summed E-state index contributed by atoms with van der Waals surface area (Å²) in [5.41, 5.74) is 0. The molecule has 1 amide bonds. The summed E-state index contributed by atoms with van der Waals surface area (Å²) in [5, 5.41) is 2.28. The summed E-state index contributed by atoms with van der Waals surface area (Å²) in [6.07, 6.45) is -4.22. The van der Waals surface area contributed by atoms with Crippen molar-refractivity contribution < 1.29 is 18.0 Å². The highest BCUT2D eigenvalue weighted by molar-refractivity contribution is 5.79. The molecule has 0 spiro atoms. The van der Waals surface area contributed by atoms with Crippen molar-refractivity contribution in [1.29, 1.82) is 0 Å². The lowest BCUT2D eigenvalue weighted by atomic mass is 10.5. The summed E-state index contributed by atoms with van der Waals surface area (Å²) in [6, 6.07) is 0. The highest BCUT2D eigenvalue weighted by Crippen LogP contribution is 2.16. The Balaban J connectivity index is 2.34. The number of rotatable bonds is 1. The molecule has 0 saturated carbocycles. The highest BCUT2D eigenvalue weighted by Gasteiger charge is 2.33. The third-order valence-corrected chi connectivity index (χ3v) is 1.27. The second-order valence-corrected chi connectivity index (χ2v) is 2.36. The van der Waals surface area contributed by atoms with Gasteiger partial charge in [-0.25, -0.2) is 0 Å². The number of amides is 1. The van der Waals surface area contributed by atoms with E-state index >= 15 is 0 Å². The van der Waals surface area contributed by atoms with Crippen molar-refractivity contribution in [1.82, 2.24) is 10.2 Å². The van der Waals surface area contributed by atoms with Gasteiger partial charge in [-0.2, -0.15) is 13.2 Å². The quantitative estimate of drug-likeness (QED) is 0.594. The van der Waals surface area contributed by atoms with E-state index in [0.717, 1.165) is 4.90 Å². The van der Waals surface area contributed by atoms with Crippen LogP contribution < -0.4 is 5.32 Å². The average molecular weight is 168 g/mol. The topological polar surface area (TPSA) is 32.3 Å². The van der Waals surface area contributed by atoms with Crippen LogP contribution in [0.4, 0.5) is 13.2 Å². The van der Waals surface area contributed by atoms with Crippen LogP contribution >= 0.6 is 0 Å². The second kappa shape index (κ2) is 2.69. The lowest BCUT2D eigenvalue weighted by Gasteiger charge is -2.14. The van der Waals surface area contributed by atoms with E-state index < -0.39 is 12.7 Å². The summed E-state index contributed by atoms with van der Waals surface area (Å²) >= 11 is 0. The van der Waals surface area contributed by atoms with Crippen molar-refractivity contribution in [2.24, 2.45) is 0 Å². The first-order chi connectivity index (χ1) is 4.97. The molecule has 64 valence electrons. The molecule has 0 aromatic carbocycles. The first kappa shape index (κ1) is 8.32. The smallest absolute Gasteiger partial charge is 0.342 e. The molecule has 1 heterocycles. The van der Waals surface area contributed by atoms with E-state index in [1.165, 1.54) is 0 Å². The monoisotopic (exact) mass is 168 g/mol. The number of carbonyl (C=O) groups is 1. The lowest BCUT2D eigenvalue weighted by molar-refractivity contribution is -0.144. The number of carbonyl (C=O) groups excluding carboxylic acids is 1. The highest BCUT2D eigenvalue weighted by atomic mass is 19.4. The molecule has 1 aliphatic heterocycles. The van der Waals surface area contributed by atoms with Gasteiger partial charge in [0.2, 0.25) is 5.91 Å². The zero-order valence-electron chi connectivity index (χ0n) is 5.61. The predicted molar refractivity (Wildman–Crippen MR) is 30.6 cm³/mol. The number of nitrogens with zero attached hydrogens (tertiary/aromatic N) is 1. The van der Waals surface area contributed by atoms with Crippen LogP contribution in [-0.2, 0) is 4.79 Å². The standard InChI is InChI=1S/C5H7F3N2O/c6-5(7,8)2-10-1-4(11)9-3-10/h1-3H2,(H,9,11). The van der Waals surface area contributed by atoms with Crippen LogP contribution in [0, 0.1) is 0 Å². The molecule has 0 atom stereocenters. The zero-order chi connectivity index (χ0) is 8.48. The number of hydrogen-bond acceptors (Lipinski definition) is 2. The molecule has 1 saturated heterocycles. The zero-order valence-corrected chi connectivity index (χ0v) is 5.61. The Kier molecular flexibility index (Phi) is 2.03. The maximum Gasteiger partial charge on any atom is 0.401 e. The lowest BCUT2D eigenvalue weighted by Crippen LogP contribution is -2.33. The largest absolute Gasteiger partial charge is 0.401 e. The van der Waals surface area contributed by atoms with Gasteiger partial charge in [-0.05, 0) is 0 Å². The molecule has 0 unspecified atom stereocenters. The number of alkyl halides is 3. The van der Waals surface area contributed by atoms with Crippen molar-refractivity contribution in [2.75, 3.05) is 19.8 Å². The van der Waals surface area contributed by atoms with Crippen LogP contribution in [0.5, 0.6) is 0 Å². The van der Waals surface area contributed by atoms with Gasteiger partial charge >= 0.3 is 6.18 Å². The Labute approximate surface area is 61.2 Å². The van der Waals surface area contributed by atoms with E-state index in [0.29, 0.717) is 0 Å². The molecule has 0 bridgehead atoms. The fraction of sp³-hybridized carbons (Fsp3) is 0.800. The molecular weight excluding hydrogens is 161 g/mol. The van der Waals surface area contributed by atoms with Crippen molar-refractivity contribution in [3.8, 4) is 0 Å². The second-order valence-electron chi connectivity index (χ2n) is 2.36. The third-order valence-electron chi connectivity index (χ3n) is 1.27. The maximum absolute atomic E-state index is 11.7. The van der Waals surface area contributed by atoms with E-state index in [4.69, 9.17) is 0 Å². The third kappa shape index (κ3) is 2.75. The molecule has 6 heteroatoms. The Hall–Kier alpha value is -0.780. The van der Waals surface area contributed by atoms with E-state index in [-0.39, 0.29) is 19.1 Å². The first-order valence-corrected chi connectivity index (χ1v) is 3.03.